The van der Waals surface area contributed by atoms with E-state index in [9.17, 15) is 0 Å². The van der Waals surface area contributed by atoms with Gasteiger partial charge in [-0.2, -0.15) is 10.1 Å². The summed E-state index contributed by atoms with van der Waals surface area (Å²) < 4.78 is 5.04. The fraction of sp³-hybridized carbons (Fsp3) is 0.333. The molecule has 0 aromatic carbocycles. The molecule has 0 fully saturated rings. The first-order valence-electron chi connectivity index (χ1n) is 4.71. The van der Waals surface area contributed by atoms with Crippen molar-refractivity contribution in [2.24, 2.45) is 5.73 Å². The van der Waals surface area contributed by atoms with Gasteiger partial charge in [-0.3, -0.25) is 0 Å². The van der Waals surface area contributed by atoms with Crippen LogP contribution in [0.2, 0.25) is 0 Å². The SMILES string of the molecule is NCCCc1nc(-c2cccnn2)no1. The first kappa shape index (κ1) is 9.72. The summed E-state index contributed by atoms with van der Waals surface area (Å²) in [6, 6.07) is 3.56. The van der Waals surface area contributed by atoms with Crippen molar-refractivity contribution >= 4 is 0 Å². The molecule has 0 saturated heterocycles. The molecule has 0 aliphatic carbocycles. The Hall–Kier alpha value is -1.82. The van der Waals surface area contributed by atoms with Crippen LogP contribution in [0.1, 0.15) is 12.3 Å². The molecule has 2 N–H and O–H groups in total. The molecule has 0 unspecified atom stereocenters. The third-order valence-electron chi connectivity index (χ3n) is 1.86. The molecule has 0 radical (unpaired) electrons. The lowest BCUT2D eigenvalue weighted by molar-refractivity contribution is 0.376. The summed E-state index contributed by atoms with van der Waals surface area (Å²) in [6.07, 6.45) is 3.13. The van der Waals surface area contributed by atoms with Crippen molar-refractivity contribution in [1.29, 1.82) is 0 Å². The smallest absolute Gasteiger partial charge is 0.227 e. The van der Waals surface area contributed by atoms with E-state index in [1.54, 1.807) is 18.3 Å². The number of rotatable bonds is 4. The minimum Gasteiger partial charge on any atom is -0.339 e. The molecule has 0 aliphatic rings. The van der Waals surface area contributed by atoms with E-state index >= 15 is 0 Å². The predicted octanol–water partition coefficient (Wildman–Crippen LogP) is 0.418. The average molecular weight is 205 g/mol. The lowest BCUT2D eigenvalue weighted by Gasteiger charge is -1.89. The van der Waals surface area contributed by atoms with E-state index in [0.717, 1.165) is 6.42 Å². The van der Waals surface area contributed by atoms with E-state index < -0.39 is 0 Å². The monoisotopic (exact) mass is 205 g/mol. The third-order valence-corrected chi connectivity index (χ3v) is 1.86. The zero-order chi connectivity index (χ0) is 10.5. The summed E-state index contributed by atoms with van der Waals surface area (Å²) in [7, 11) is 0. The van der Waals surface area contributed by atoms with E-state index in [1.807, 2.05) is 0 Å². The lowest BCUT2D eigenvalue weighted by atomic mass is 10.3. The van der Waals surface area contributed by atoms with Gasteiger partial charge in [-0.05, 0) is 25.1 Å². The zero-order valence-corrected chi connectivity index (χ0v) is 8.13. The Morgan fingerprint density at radius 1 is 1.40 bits per heavy atom. The number of hydrogen-bond acceptors (Lipinski definition) is 6. The van der Waals surface area contributed by atoms with Crippen molar-refractivity contribution in [3.05, 3.63) is 24.2 Å². The van der Waals surface area contributed by atoms with E-state index in [4.69, 9.17) is 10.3 Å². The maximum absolute atomic E-state index is 5.38. The highest BCUT2D eigenvalue weighted by molar-refractivity contribution is 5.46. The van der Waals surface area contributed by atoms with Crippen LogP contribution in [-0.2, 0) is 6.42 Å². The fourth-order valence-electron chi connectivity index (χ4n) is 1.13. The van der Waals surface area contributed by atoms with Crippen LogP contribution >= 0.6 is 0 Å². The second kappa shape index (κ2) is 4.61. The molecule has 0 bridgehead atoms. The highest BCUT2D eigenvalue weighted by Crippen LogP contribution is 2.11. The Kier molecular flexibility index (Phi) is 2.99. The molecule has 6 heteroatoms. The Labute approximate surface area is 86.5 Å². The summed E-state index contributed by atoms with van der Waals surface area (Å²) in [5, 5.41) is 11.4. The number of aromatic nitrogens is 4. The molecule has 2 aromatic heterocycles. The number of nitrogens with two attached hydrogens (primary N) is 1. The Balaban J connectivity index is 2.14. The van der Waals surface area contributed by atoms with E-state index in [2.05, 4.69) is 20.3 Å². The van der Waals surface area contributed by atoms with Gasteiger partial charge >= 0.3 is 0 Å². The van der Waals surface area contributed by atoms with Crippen LogP contribution in [0.4, 0.5) is 0 Å². The molecule has 2 aromatic rings. The van der Waals surface area contributed by atoms with Crippen molar-refractivity contribution in [1.82, 2.24) is 20.3 Å². The van der Waals surface area contributed by atoms with Crippen molar-refractivity contribution in [3.8, 4) is 11.5 Å². The predicted molar refractivity (Wildman–Crippen MR) is 52.7 cm³/mol. The van der Waals surface area contributed by atoms with Crippen molar-refractivity contribution in [2.45, 2.75) is 12.8 Å². The Morgan fingerprint density at radius 2 is 2.33 bits per heavy atom. The molecule has 78 valence electrons. The maximum atomic E-state index is 5.38. The summed E-state index contributed by atoms with van der Waals surface area (Å²) in [6.45, 7) is 0.614. The van der Waals surface area contributed by atoms with Gasteiger partial charge in [-0.25, -0.2) is 0 Å². The van der Waals surface area contributed by atoms with Gasteiger partial charge in [0, 0.05) is 12.6 Å². The molecule has 0 saturated carbocycles. The molecule has 2 heterocycles. The van der Waals surface area contributed by atoms with Gasteiger partial charge in [0.15, 0.2) is 0 Å². The molecule has 0 spiro atoms. The molecule has 0 aliphatic heterocycles. The van der Waals surface area contributed by atoms with Gasteiger partial charge in [0.25, 0.3) is 0 Å². The maximum Gasteiger partial charge on any atom is 0.227 e. The molecule has 6 nitrogen and oxygen atoms in total. The lowest BCUT2D eigenvalue weighted by Crippen LogP contribution is -2.00. The van der Waals surface area contributed by atoms with Crippen LogP contribution in [0.3, 0.4) is 0 Å². The van der Waals surface area contributed by atoms with Crippen molar-refractivity contribution < 1.29 is 4.52 Å². The van der Waals surface area contributed by atoms with Crippen LogP contribution in [0, 0.1) is 0 Å². The van der Waals surface area contributed by atoms with E-state index in [0.29, 0.717) is 30.4 Å². The third kappa shape index (κ3) is 2.35. The summed E-state index contributed by atoms with van der Waals surface area (Å²) in [5.41, 5.74) is 5.99. The molecule has 0 amide bonds. The van der Waals surface area contributed by atoms with Gasteiger partial charge < -0.3 is 10.3 Å². The van der Waals surface area contributed by atoms with Crippen LogP contribution in [-0.4, -0.2) is 26.9 Å². The van der Waals surface area contributed by atoms with E-state index in [1.165, 1.54) is 0 Å². The topological polar surface area (TPSA) is 90.7 Å². The summed E-state index contributed by atoms with van der Waals surface area (Å²) in [4.78, 5) is 4.18. The number of aryl methyl sites for hydroxylation is 1. The van der Waals surface area contributed by atoms with Gasteiger partial charge in [0.1, 0.15) is 5.69 Å². The minimum atomic E-state index is 0.468. The first-order chi connectivity index (χ1) is 7.40. The van der Waals surface area contributed by atoms with Gasteiger partial charge in [0.05, 0.1) is 0 Å². The second-order valence-corrected chi connectivity index (χ2v) is 3.01. The molecule has 2 rings (SSSR count). The highest BCUT2D eigenvalue weighted by atomic mass is 16.5. The van der Waals surface area contributed by atoms with Gasteiger partial charge in [-0.1, -0.05) is 5.16 Å². The summed E-state index contributed by atoms with van der Waals surface area (Å²) >= 11 is 0. The van der Waals surface area contributed by atoms with Crippen LogP contribution < -0.4 is 5.73 Å². The quantitative estimate of drug-likeness (QED) is 0.777. The van der Waals surface area contributed by atoms with Crippen molar-refractivity contribution in [3.63, 3.8) is 0 Å². The number of hydrogen-bond donors (Lipinski definition) is 1. The van der Waals surface area contributed by atoms with Crippen LogP contribution in [0.5, 0.6) is 0 Å². The summed E-state index contributed by atoms with van der Waals surface area (Å²) in [5.74, 6) is 1.05. The highest BCUT2D eigenvalue weighted by Gasteiger charge is 2.08. The van der Waals surface area contributed by atoms with Gasteiger partial charge in [0.2, 0.25) is 11.7 Å². The largest absolute Gasteiger partial charge is 0.339 e. The minimum absolute atomic E-state index is 0.468. The molecule has 15 heavy (non-hydrogen) atoms. The normalized spacial score (nSPS) is 10.5. The average Bonchev–Trinajstić information content (AvgIpc) is 2.76. The van der Waals surface area contributed by atoms with Crippen molar-refractivity contribution in [2.75, 3.05) is 6.54 Å². The molecular weight excluding hydrogens is 194 g/mol. The van der Waals surface area contributed by atoms with Crippen LogP contribution in [0.15, 0.2) is 22.9 Å². The standard InChI is InChI=1S/C9H11N5O/c10-5-1-4-8-12-9(14-15-8)7-3-2-6-11-13-7/h2-3,6H,1,4-5,10H2. The number of nitrogens with zero attached hydrogens (tertiary/aromatic N) is 4. The van der Waals surface area contributed by atoms with E-state index in [-0.39, 0.29) is 0 Å². The zero-order valence-electron chi connectivity index (χ0n) is 8.13. The van der Waals surface area contributed by atoms with Gasteiger partial charge in [-0.15, -0.1) is 5.10 Å². The second-order valence-electron chi connectivity index (χ2n) is 3.01. The Bertz CT molecular complexity index is 413. The Morgan fingerprint density at radius 3 is 3.07 bits per heavy atom. The van der Waals surface area contributed by atoms with Crippen LogP contribution in [0.25, 0.3) is 11.5 Å². The molecular formula is C9H11N5O. The fourth-order valence-corrected chi connectivity index (χ4v) is 1.13. The molecule has 0 atom stereocenters. The first-order valence-corrected chi connectivity index (χ1v) is 4.71.